The van der Waals surface area contributed by atoms with Gasteiger partial charge in [-0.3, -0.25) is 0 Å². The van der Waals surface area contributed by atoms with E-state index < -0.39 is 6.10 Å². The van der Waals surface area contributed by atoms with Crippen LogP contribution in [0.25, 0.3) is 0 Å². The van der Waals surface area contributed by atoms with Gasteiger partial charge < -0.3 is 10.8 Å². The fourth-order valence-electron chi connectivity index (χ4n) is 1.57. The van der Waals surface area contributed by atoms with Crippen LogP contribution in [-0.2, 0) is 0 Å². The number of nitrogens with zero attached hydrogens (tertiary/aromatic N) is 1. The van der Waals surface area contributed by atoms with E-state index in [2.05, 4.69) is 4.98 Å². The Morgan fingerprint density at radius 1 is 1.53 bits per heavy atom. The van der Waals surface area contributed by atoms with Crippen molar-refractivity contribution < 1.29 is 5.11 Å². The Labute approximate surface area is 97.9 Å². The SMILES string of the molecule is Nc1ncccc1C(O)C1CSCCS1. The third-order valence-electron chi connectivity index (χ3n) is 2.38. The molecule has 0 amide bonds. The molecule has 1 saturated heterocycles. The molecule has 0 radical (unpaired) electrons. The van der Waals surface area contributed by atoms with E-state index in [0.29, 0.717) is 5.82 Å². The van der Waals surface area contributed by atoms with Crippen LogP contribution >= 0.6 is 23.5 Å². The average Bonchev–Trinajstić information content (AvgIpc) is 2.30. The molecule has 1 aliphatic rings. The number of aromatic nitrogens is 1. The van der Waals surface area contributed by atoms with Crippen LogP contribution in [0.4, 0.5) is 5.82 Å². The number of nitrogen functional groups attached to an aromatic ring is 1. The summed E-state index contributed by atoms with van der Waals surface area (Å²) < 4.78 is 0. The van der Waals surface area contributed by atoms with E-state index in [4.69, 9.17) is 5.73 Å². The first kappa shape index (κ1) is 11.1. The second-order valence-electron chi connectivity index (χ2n) is 3.41. The van der Waals surface area contributed by atoms with Gasteiger partial charge in [0, 0.05) is 34.3 Å². The number of thioether (sulfide) groups is 2. The number of aliphatic hydroxyl groups is 1. The second kappa shape index (κ2) is 5.09. The summed E-state index contributed by atoms with van der Waals surface area (Å²) in [4.78, 5) is 4.00. The lowest BCUT2D eigenvalue weighted by Crippen LogP contribution is -2.23. The molecule has 3 N–H and O–H groups in total. The van der Waals surface area contributed by atoms with Crippen molar-refractivity contribution >= 4 is 29.3 Å². The summed E-state index contributed by atoms with van der Waals surface area (Å²) in [6.07, 6.45) is 1.16. The molecule has 5 heteroatoms. The summed E-state index contributed by atoms with van der Waals surface area (Å²) in [7, 11) is 0. The highest BCUT2D eigenvalue weighted by atomic mass is 32.2. The van der Waals surface area contributed by atoms with E-state index >= 15 is 0 Å². The molecule has 1 aromatic heterocycles. The summed E-state index contributed by atoms with van der Waals surface area (Å²) in [5.41, 5.74) is 6.50. The van der Waals surface area contributed by atoms with E-state index in [-0.39, 0.29) is 5.25 Å². The number of nitrogens with two attached hydrogens (primary N) is 1. The highest BCUT2D eigenvalue weighted by Crippen LogP contribution is 2.34. The molecule has 0 aromatic carbocycles. The van der Waals surface area contributed by atoms with Gasteiger partial charge in [-0.2, -0.15) is 23.5 Å². The van der Waals surface area contributed by atoms with Crippen molar-refractivity contribution in [1.29, 1.82) is 0 Å². The van der Waals surface area contributed by atoms with Gasteiger partial charge in [0.05, 0.1) is 6.10 Å². The third-order valence-corrected chi connectivity index (χ3v) is 5.23. The zero-order chi connectivity index (χ0) is 10.7. The predicted octanol–water partition coefficient (Wildman–Crippen LogP) is 1.55. The van der Waals surface area contributed by atoms with Crippen LogP contribution < -0.4 is 5.73 Å². The van der Waals surface area contributed by atoms with E-state index in [1.54, 1.807) is 6.20 Å². The van der Waals surface area contributed by atoms with Crippen LogP contribution in [0.15, 0.2) is 18.3 Å². The minimum absolute atomic E-state index is 0.246. The molecule has 1 fully saturated rings. The molecule has 82 valence electrons. The maximum Gasteiger partial charge on any atom is 0.129 e. The number of rotatable bonds is 2. The minimum atomic E-state index is -0.489. The van der Waals surface area contributed by atoms with E-state index in [9.17, 15) is 5.11 Å². The zero-order valence-electron chi connectivity index (χ0n) is 8.30. The lowest BCUT2D eigenvalue weighted by Gasteiger charge is -2.26. The molecule has 1 aliphatic heterocycles. The smallest absolute Gasteiger partial charge is 0.129 e. The van der Waals surface area contributed by atoms with Crippen molar-refractivity contribution in [2.45, 2.75) is 11.4 Å². The molecule has 2 atom stereocenters. The number of anilines is 1. The molecule has 2 rings (SSSR count). The van der Waals surface area contributed by atoms with Gasteiger partial charge in [0.2, 0.25) is 0 Å². The Morgan fingerprint density at radius 2 is 2.40 bits per heavy atom. The van der Waals surface area contributed by atoms with Crippen molar-refractivity contribution in [1.82, 2.24) is 4.98 Å². The topological polar surface area (TPSA) is 59.1 Å². The van der Waals surface area contributed by atoms with Crippen LogP contribution in [0.1, 0.15) is 11.7 Å². The summed E-state index contributed by atoms with van der Waals surface area (Å²) >= 11 is 3.71. The Balaban J connectivity index is 2.12. The van der Waals surface area contributed by atoms with Gasteiger partial charge in [0.1, 0.15) is 5.82 Å². The highest BCUT2D eigenvalue weighted by molar-refractivity contribution is 8.06. The van der Waals surface area contributed by atoms with Crippen LogP contribution in [0.5, 0.6) is 0 Å². The summed E-state index contributed by atoms with van der Waals surface area (Å²) in [6, 6.07) is 3.67. The van der Waals surface area contributed by atoms with Crippen LogP contribution in [0.2, 0.25) is 0 Å². The van der Waals surface area contributed by atoms with Gasteiger partial charge in [-0.25, -0.2) is 4.98 Å². The molecule has 2 heterocycles. The number of hydrogen-bond donors (Lipinski definition) is 2. The molecular weight excluding hydrogens is 228 g/mol. The average molecular weight is 242 g/mol. The van der Waals surface area contributed by atoms with Gasteiger partial charge in [-0.05, 0) is 6.07 Å². The highest BCUT2D eigenvalue weighted by Gasteiger charge is 2.25. The fourth-order valence-corrected chi connectivity index (χ4v) is 4.31. The van der Waals surface area contributed by atoms with Crippen molar-refractivity contribution in [3.8, 4) is 0 Å². The summed E-state index contributed by atoms with van der Waals surface area (Å²) in [5, 5.41) is 10.4. The van der Waals surface area contributed by atoms with Crippen LogP contribution in [0.3, 0.4) is 0 Å². The van der Waals surface area contributed by atoms with E-state index in [1.165, 1.54) is 5.75 Å². The Hall–Kier alpha value is -0.390. The normalized spacial score (nSPS) is 23.7. The van der Waals surface area contributed by atoms with Gasteiger partial charge in [-0.1, -0.05) is 6.07 Å². The van der Waals surface area contributed by atoms with Gasteiger partial charge in [-0.15, -0.1) is 0 Å². The van der Waals surface area contributed by atoms with Crippen molar-refractivity contribution in [3.63, 3.8) is 0 Å². The molecule has 0 spiro atoms. The molecule has 3 nitrogen and oxygen atoms in total. The Kier molecular flexibility index (Phi) is 3.77. The summed E-state index contributed by atoms with van der Waals surface area (Å²) in [6.45, 7) is 0. The quantitative estimate of drug-likeness (QED) is 0.824. The largest absolute Gasteiger partial charge is 0.387 e. The molecule has 1 aromatic rings. The van der Waals surface area contributed by atoms with E-state index in [0.717, 1.165) is 17.1 Å². The number of pyridine rings is 1. The molecule has 0 aliphatic carbocycles. The van der Waals surface area contributed by atoms with Gasteiger partial charge in [0.15, 0.2) is 0 Å². The lowest BCUT2D eigenvalue weighted by molar-refractivity contribution is 0.181. The number of aliphatic hydroxyl groups excluding tert-OH is 1. The van der Waals surface area contributed by atoms with Crippen LogP contribution in [-0.4, -0.2) is 32.6 Å². The lowest BCUT2D eigenvalue weighted by atomic mass is 10.1. The first-order chi connectivity index (χ1) is 7.29. The maximum atomic E-state index is 10.2. The third kappa shape index (κ3) is 2.59. The van der Waals surface area contributed by atoms with Crippen molar-refractivity contribution in [3.05, 3.63) is 23.9 Å². The maximum absolute atomic E-state index is 10.2. The molecule has 0 bridgehead atoms. The first-order valence-corrected chi connectivity index (χ1v) is 7.07. The minimum Gasteiger partial charge on any atom is -0.387 e. The van der Waals surface area contributed by atoms with E-state index in [1.807, 2.05) is 35.7 Å². The fraction of sp³-hybridized carbons (Fsp3) is 0.500. The van der Waals surface area contributed by atoms with Crippen LogP contribution in [0, 0.1) is 0 Å². The monoisotopic (exact) mass is 242 g/mol. The first-order valence-electron chi connectivity index (χ1n) is 4.87. The molecule has 2 unspecified atom stereocenters. The van der Waals surface area contributed by atoms with Crippen molar-refractivity contribution in [2.24, 2.45) is 0 Å². The summed E-state index contributed by atoms with van der Waals surface area (Å²) in [5.74, 6) is 3.71. The standard InChI is InChI=1S/C10H14N2OS2/c11-10-7(2-1-3-12-10)9(13)8-6-14-4-5-15-8/h1-3,8-9,13H,4-6H2,(H2,11,12). The Bertz CT molecular complexity index is 329. The van der Waals surface area contributed by atoms with Gasteiger partial charge >= 0.3 is 0 Å². The Morgan fingerprint density at radius 3 is 3.07 bits per heavy atom. The van der Waals surface area contributed by atoms with Gasteiger partial charge in [0.25, 0.3) is 0 Å². The second-order valence-corrected chi connectivity index (χ2v) is 5.90. The predicted molar refractivity (Wildman–Crippen MR) is 67.2 cm³/mol. The molecule has 15 heavy (non-hydrogen) atoms. The molecule has 0 saturated carbocycles. The van der Waals surface area contributed by atoms with Crippen molar-refractivity contribution in [2.75, 3.05) is 23.0 Å². The zero-order valence-corrected chi connectivity index (χ0v) is 9.93. The number of hydrogen-bond acceptors (Lipinski definition) is 5. The molecular formula is C10H14N2OS2.